The van der Waals surface area contributed by atoms with Gasteiger partial charge in [0.05, 0.1) is 19.6 Å². The number of methoxy groups -OCH3 is 1. The largest absolute Gasteiger partial charge is 0.497 e. The van der Waals surface area contributed by atoms with Crippen molar-refractivity contribution in [3.05, 3.63) is 101 Å². The second-order valence-corrected chi connectivity index (χ2v) is 12.2. The number of nitrogens with zero attached hydrogens (tertiary/aromatic N) is 2. The summed E-state index contributed by atoms with van der Waals surface area (Å²) < 4.78 is 5.28. The smallest absolute Gasteiger partial charge is 0.328 e. The maximum Gasteiger partial charge on any atom is 0.328 e. The summed E-state index contributed by atoms with van der Waals surface area (Å²) >= 11 is 0. The quantitative estimate of drug-likeness (QED) is 0.177. The summed E-state index contributed by atoms with van der Waals surface area (Å²) in [6.07, 6.45) is 3.86. The van der Waals surface area contributed by atoms with E-state index in [9.17, 15) is 24.3 Å². The molecule has 1 saturated heterocycles. The number of hydrogen-bond donors (Lipinski definition) is 2. The molecule has 1 aliphatic rings. The number of ether oxygens (including phenoxy) is 1. The lowest BCUT2D eigenvalue weighted by atomic mass is 9.97. The summed E-state index contributed by atoms with van der Waals surface area (Å²) in [6.45, 7) is 7.34. The van der Waals surface area contributed by atoms with Gasteiger partial charge in [-0.1, -0.05) is 92.7 Å². The molecular weight excluding hydrogens is 570 g/mol. The Morgan fingerprint density at radius 1 is 0.933 bits per heavy atom. The Hall–Kier alpha value is -4.92. The van der Waals surface area contributed by atoms with E-state index in [-0.39, 0.29) is 25.3 Å². The van der Waals surface area contributed by atoms with Gasteiger partial charge in [-0.25, -0.2) is 9.69 Å². The average Bonchev–Trinajstić information content (AvgIpc) is 3.18. The molecule has 3 aromatic rings. The third kappa shape index (κ3) is 7.98. The molecule has 236 valence electrons. The number of aliphatic carboxylic acids is 1. The van der Waals surface area contributed by atoms with E-state index < -0.39 is 41.4 Å². The molecule has 0 saturated carbocycles. The molecule has 1 fully saturated rings. The van der Waals surface area contributed by atoms with E-state index in [1.54, 1.807) is 38.1 Å². The highest BCUT2D eigenvalue weighted by Gasteiger charge is 2.54. The molecule has 0 aliphatic carbocycles. The van der Waals surface area contributed by atoms with Crippen LogP contribution in [0.2, 0.25) is 0 Å². The number of carbonyl (C=O) groups excluding carboxylic acids is 3. The number of urea groups is 1. The zero-order valence-electron chi connectivity index (χ0n) is 26.4. The van der Waals surface area contributed by atoms with Gasteiger partial charge in [0.1, 0.15) is 17.3 Å². The Labute approximate surface area is 264 Å². The van der Waals surface area contributed by atoms with Crippen molar-refractivity contribution in [2.45, 2.75) is 64.7 Å². The van der Waals surface area contributed by atoms with E-state index in [0.717, 1.165) is 21.6 Å². The second kappa shape index (κ2) is 14.2. The van der Waals surface area contributed by atoms with Gasteiger partial charge in [0.2, 0.25) is 5.91 Å². The fourth-order valence-corrected chi connectivity index (χ4v) is 5.41. The second-order valence-electron chi connectivity index (χ2n) is 12.2. The number of carboxylic acid groups (broad SMARTS) is 1. The Morgan fingerprint density at radius 3 is 2.18 bits per heavy atom. The minimum absolute atomic E-state index is 0.0373. The zero-order valence-corrected chi connectivity index (χ0v) is 26.4. The van der Waals surface area contributed by atoms with E-state index in [1.165, 1.54) is 12.0 Å². The summed E-state index contributed by atoms with van der Waals surface area (Å²) in [5.41, 5.74) is 2.25. The molecule has 2 N–H and O–H groups in total. The molecular formula is C36H41N3O6. The lowest BCUT2D eigenvalue weighted by molar-refractivity contribution is -0.140. The molecule has 4 rings (SSSR count). The maximum absolute atomic E-state index is 13.9. The lowest BCUT2D eigenvalue weighted by Gasteiger charge is -2.29. The van der Waals surface area contributed by atoms with Gasteiger partial charge in [0.25, 0.3) is 5.91 Å². The summed E-state index contributed by atoms with van der Waals surface area (Å²) in [5.74, 6) is -1.70. The molecule has 4 amide bonds. The number of imide groups is 1. The number of carboxylic acids is 1. The molecule has 1 heterocycles. The number of amides is 4. The Bertz CT molecular complexity index is 1550. The van der Waals surface area contributed by atoms with Gasteiger partial charge in [-0.3, -0.25) is 14.4 Å². The first-order chi connectivity index (χ1) is 21.4. The molecule has 2 atom stereocenters. The molecule has 9 heteroatoms. The highest BCUT2D eigenvalue weighted by Crippen LogP contribution is 2.33. The van der Waals surface area contributed by atoms with Crippen molar-refractivity contribution in [3.8, 4) is 5.75 Å². The highest BCUT2D eigenvalue weighted by atomic mass is 16.5. The van der Waals surface area contributed by atoms with Crippen LogP contribution in [0.15, 0.2) is 78.9 Å². The average molecular weight is 612 g/mol. The number of rotatable bonds is 13. The van der Waals surface area contributed by atoms with Crippen molar-refractivity contribution in [1.82, 2.24) is 15.1 Å². The third-order valence-electron chi connectivity index (χ3n) is 7.94. The van der Waals surface area contributed by atoms with Gasteiger partial charge in [-0.15, -0.1) is 0 Å². The summed E-state index contributed by atoms with van der Waals surface area (Å²) in [5, 5.41) is 12.4. The first kappa shape index (κ1) is 33.0. The molecule has 0 bridgehead atoms. The third-order valence-corrected chi connectivity index (χ3v) is 7.94. The summed E-state index contributed by atoms with van der Waals surface area (Å²) in [6, 6.07) is 21.9. The van der Waals surface area contributed by atoms with Crippen molar-refractivity contribution >= 4 is 36.0 Å². The van der Waals surface area contributed by atoms with Crippen molar-refractivity contribution < 1.29 is 29.0 Å². The van der Waals surface area contributed by atoms with E-state index in [1.807, 2.05) is 80.6 Å². The fourth-order valence-electron chi connectivity index (χ4n) is 5.41. The molecule has 9 nitrogen and oxygen atoms in total. The van der Waals surface area contributed by atoms with Crippen molar-refractivity contribution in [3.63, 3.8) is 0 Å². The van der Waals surface area contributed by atoms with Crippen LogP contribution in [0.25, 0.3) is 12.2 Å². The lowest BCUT2D eigenvalue weighted by Crippen LogP contribution is -2.52. The van der Waals surface area contributed by atoms with Crippen LogP contribution in [0.5, 0.6) is 5.75 Å². The van der Waals surface area contributed by atoms with Gasteiger partial charge in [-0.05, 0) is 60.6 Å². The standard InChI is InChI=1S/C36H41N3O6/c1-24(2)20-31(33(42)37-30(22-32(40)41)28-12-9-13-29(21-28)45-5)39-34(43)36(3,4)38(35(39)44)23-27-18-16-26(17-19-27)15-14-25-10-7-6-8-11-25/h6-19,21,24,30-31H,20,22-23H2,1-5H3,(H,37,42)(H,40,41)/b15-14+. The number of benzene rings is 3. The maximum atomic E-state index is 13.9. The molecule has 0 spiro atoms. The van der Waals surface area contributed by atoms with Gasteiger partial charge in [0, 0.05) is 6.54 Å². The summed E-state index contributed by atoms with van der Waals surface area (Å²) in [7, 11) is 1.50. The normalized spacial score (nSPS) is 15.9. The summed E-state index contributed by atoms with van der Waals surface area (Å²) in [4.78, 5) is 55.9. The van der Waals surface area contributed by atoms with Crippen LogP contribution >= 0.6 is 0 Å². The van der Waals surface area contributed by atoms with Crippen molar-refractivity contribution in [1.29, 1.82) is 0 Å². The van der Waals surface area contributed by atoms with Gasteiger partial charge in [-0.2, -0.15) is 0 Å². The predicted octanol–water partition coefficient (Wildman–Crippen LogP) is 6.16. The van der Waals surface area contributed by atoms with E-state index in [0.29, 0.717) is 11.3 Å². The minimum atomic E-state index is -1.20. The van der Waals surface area contributed by atoms with Crippen molar-refractivity contribution in [2.75, 3.05) is 7.11 Å². The molecule has 45 heavy (non-hydrogen) atoms. The number of nitrogens with one attached hydrogen (secondary N) is 1. The first-order valence-electron chi connectivity index (χ1n) is 15.0. The van der Waals surface area contributed by atoms with Crippen LogP contribution in [0.4, 0.5) is 4.79 Å². The first-order valence-corrected chi connectivity index (χ1v) is 15.0. The molecule has 0 aromatic heterocycles. The van der Waals surface area contributed by atoms with E-state index >= 15 is 0 Å². The van der Waals surface area contributed by atoms with E-state index in [4.69, 9.17) is 4.74 Å². The molecule has 0 radical (unpaired) electrons. The monoisotopic (exact) mass is 611 g/mol. The predicted molar refractivity (Wildman–Crippen MR) is 173 cm³/mol. The van der Waals surface area contributed by atoms with Crippen molar-refractivity contribution in [2.24, 2.45) is 5.92 Å². The Kier molecular flexibility index (Phi) is 10.4. The molecule has 1 aliphatic heterocycles. The van der Waals surface area contributed by atoms with E-state index in [2.05, 4.69) is 5.32 Å². The minimum Gasteiger partial charge on any atom is -0.497 e. The van der Waals surface area contributed by atoms with Crippen LogP contribution in [-0.2, 0) is 20.9 Å². The van der Waals surface area contributed by atoms with Crippen LogP contribution in [0, 0.1) is 5.92 Å². The van der Waals surface area contributed by atoms with Crippen LogP contribution < -0.4 is 10.1 Å². The SMILES string of the molecule is COc1cccc(C(CC(=O)O)NC(=O)C(CC(C)C)N2C(=O)N(Cc3ccc(/C=C/c4ccccc4)cc3)C(C)(C)C2=O)c1. The van der Waals surface area contributed by atoms with Crippen LogP contribution in [0.3, 0.4) is 0 Å². The van der Waals surface area contributed by atoms with Gasteiger partial charge in [0.15, 0.2) is 0 Å². The molecule has 3 aromatic carbocycles. The Balaban J connectivity index is 1.56. The molecule has 2 unspecified atom stereocenters. The number of carbonyl (C=O) groups is 4. The van der Waals surface area contributed by atoms with Crippen LogP contribution in [-0.4, -0.2) is 57.4 Å². The zero-order chi connectivity index (χ0) is 32.7. The highest BCUT2D eigenvalue weighted by molar-refractivity contribution is 6.09. The van der Waals surface area contributed by atoms with Gasteiger partial charge < -0.3 is 20.1 Å². The topological polar surface area (TPSA) is 116 Å². The van der Waals surface area contributed by atoms with Gasteiger partial charge >= 0.3 is 12.0 Å². The fraction of sp³-hybridized carbons (Fsp3) is 0.333. The number of hydrogen-bond acceptors (Lipinski definition) is 5. The van der Waals surface area contributed by atoms with Crippen LogP contribution in [0.1, 0.15) is 68.8 Å². The Morgan fingerprint density at radius 2 is 1.58 bits per heavy atom.